The van der Waals surface area contributed by atoms with Gasteiger partial charge in [-0.3, -0.25) is 0 Å². The third kappa shape index (κ3) is 2.53. The van der Waals surface area contributed by atoms with E-state index < -0.39 is 6.10 Å². The summed E-state index contributed by atoms with van der Waals surface area (Å²) in [6.45, 7) is 0.501. The zero-order chi connectivity index (χ0) is 9.14. The van der Waals surface area contributed by atoms with Gasteiger partial charge < -0.3 is 10.8 Å². The van der Waals surface area contributed by atoms with Crippen LogP contribution in [0.15, 0.2) is 13.6 Å². The number of hydrogen-bond donors (Lipinski definition) is 2. The fourth-order valence-corrected chi connectivity index (χ4v) is 3.85. The highest BCUT2D eigenvalue weighted by Crippen LogP contribution is 2.36. The first-order valence-corrected chi connectivity index (χ1v) is 5.88. The standard InChI is InChI=1S/C7H9Br2NOS/c8-6-3-4(7(9)12-6)5(11)1-2-10/h3,5,11H,1-2,10H2. The van der Waals surface area contributed by atoms with Crippen LogP contribution in [0.4, 0.5) is 0 Å². The molecule has 0 saturated carbocycles. The Balaban J connectivity index is 2.79. The molecule has 5 heteroatoms. The number of thiophene rings is 1. The molecule has 0 aliphatic rings. The molecular formula is C7H9Br2NOS. The van der Waals surface area contributed by atoms with Crippen LogP contribution in [0.1, 0.15) is 18.1 Å². The summed E-state index contributed by atoms with van der Waals surface area (Å²) in [5, 5.41) is 9.59. The number of aliphatic hydroxyl groups excluding tert-OH is 1. The lowest BCUT2D eigenvalue weighted by molar-refractivity contribution is 0.170. The molecule has 0 amide bonds. The van der Waals surface area contributed by atoms with Gasteiger partial charge in [-0.15, -0.1) is 11.3 Å². The van der Waals surface area contributed by atoms with Gasteiger partial charge in [-0.05, 0) is 50.9 Å². The van der Waals surface area contributed by atoms with Crippen LogP contribution in [-0.2, 0) is 0 Å². The summed E-state index contributed by atoms with van der Waals surface area (Å²) in [7, 11) is 0. The van der Waals surface area contributed by atoms with Crippen molar-refractivity contribution in [2.24, 2.45) is 5.73 Å². The van der Waals surface area contributed by atoms with Gasteiger partial charge in [0.1, 0.15) is 0 Å². The van der Waals surface area contributed by atoms with Crippen molar-refractivity contribution >= 4 is 43.2 Å². The molecule has 12 heavy (non-hydrogen) atoms. The predicted octanol–water partition coefficient (Wildman–Crippen LogP) is 2.66. The Morgan fingerprint density at radius 3 is 2.67 bits per heavy atom. The maximum absolute atomic E-state index is 9.59. The van der Waals surface area contributed by atoms with E-state index in [-0.39, 0.29) is 0 Å². The highest BCUT2D eigenvalue weighted by atomic mass is 79.9. The number of hydrogen-bond acceptors (Lipinski definition) is 3. The molecule has 0 bridgehead atoms. The Labute approximate surface area is 92.0 Å². The number of nitrogens with two attached hydrogens (primary N) is 1. The summed E-state index contributed by atoms with van der Waals surface area (Å²) < 4.78 is 1.98. The highest BCUT2D eigenvalue weighted by molar-refractivity contribution is 9.12. The van der Waals surface area contributed by atoms with E-state index in [0.717, 1.165) is 13.1 Å². The van der Waals surface area contributed by atoms with Gasteiger partial charge in [0.2, 0.25) is 0 Å². The van der Waals surface area contributed by atoms with Crippen LogP contribution in [0.25, 0.3) is 0 Å². The van der Waals surface area contributed by atoms with E-state index in [1.54, 1.807) is 11.3 Å². The zero-order valence-corrected chi connectivity index (χ0v) is 10.2. The third-order valence-corrected chi connectivity index (χ3v) is 3.87. The molecule has 0 saturated heterocycles. The first-order chi connectivity index (χ1) is 5.65. The van der Waals surface area contributed by atoms with Crippen molar-refractivity contribution in [1.82, 2.24) is 0 Å². The van der Waals surface area contributed by atoms with Gasteiger partial charge in [0.15, 0.2) is 0 Å². The third-order valence-electron chi connectivity index (χ3n) is 1.48. The molecule has 2 nitrogen and oxygen atoms in total. The normalized spacial score (nSPS) is 13.3. The molecule has 1 heterocycles. The molecule has 0 aliphatic heterocycles. The van der Waals surface area contributed by atoms with Crippen LogP contribution in [-0.4, -0.2) is 11.7 Å². The largest absolute Gasteiger partial charge is 0.388 e. The second-order valence-corrected chi connectivity index (χ2v) is 6.12. The second kappa shape index (κ2) is 4.72. The van der Waals surface area contributed by atoms with E-state index in [1.165, 1.54) is 0 Å². The molecular weight excluding hydrogens is 306 g/mol. The SMILES string of the molecule is NCCC(O)c1cc(Br)sc1Br. The van der Waals surface area contributed by atoms with Gasteiger partial charge in [-0.25, -0.2) is 0 Å². The van der Waals surface area contributed by atoms with Crippen molar-refractivity contribution in [2.75, 3.05) is 6.54 Å². The Kier molecular flexibility index (Phi) is 4.19. The molecule has 0 aliphatic carbocycles. The van der Waals surface area contributed by atoms with Crippen LogP contribution in [0.5, 0.6) is 0 Å². The second-order valence-electron chi connectivity index (χ2n) is 2.37. The molecule has 1 rings (SSSR count). The summed E-state index contributed by atoms with van der Waals surface area (Å²) in [5.41, 5.74) is 6.25. The molecule has 0 aromatic carbocycles. The first-order valence-electron chi connectivity index (χ1n) is 3.48. The van der Waals surface area contributed by atoms with Gasteiger partial charge in [-0.1, -0.05) is 0 Å². The van der Waals surface area contributed by atoms with Gasteiger partial charge in [0.25, 0.3) is 0 Å². The van der Waals surface area contributed by atoms with Crippen molar-refractivity contribution in [3.63, 3.8) is 0 Å². The fourth-order valence-electron chi connectivity index (χ4n) is 0.894. The molecule has 1 aromatic heterocycles. The predicted molar refractivity (Wildman–Crippen MR) is 58.4 cm³/mol. The van der Waals surface area contributed by atoms with E-state index in [9.17, 15) is 5.11 Å². The van der Waals surface area contributed by atoms with Crippen LogP contribution < -0.4 is 5.73 Å². The van der Waals surface area contributed by atoms with Gasteiger partial charge in [-0.2, -0.15) is 0 Å². The van der Waals surface area contributed by atoms with Crippen LogP contribution in [0.3, 0.4) is 0 Å². The average Bonchev–Trinajstić information content (AvgIpc) is 2.30. The first kappa shape index (κ1) is 10.7. The van der Waals surface area contributed by atoms with Gasteiger partial charge >= 0.3 is 0 Å². The Morgan fingerprint density at radius 1 is 1.58 bits per heavy atom. The smallest absolute Gasteiger partial charge is 0.0821 e. The minimum absolute atomic E-state index is 0.452. The van der Waals surface area contributed by atoms with Crippen molar-refractivity contribution in [3.05, 3.63) is 19.2 Å². The summed E-state index contributed by atoms with van der Waals surface area (Å²) in [6.07, 6.45) is 0.147. The molecule has 68 valence electrons. The van der Waals surface area contributed by atoms with E-state index in [4.69, 9.17) is 5.73 Å². The number of aliphatic hydroxyl groups is 1. The molecule has 1 aromatic rings. The van der Waals surface area contributed by atoms with E-state index in [2.05, 4.69) is 31.9 Å². The number of halogens is 2. The number of rotatable bonds is 3. The van der Waals surface area contributed by atoms with Crippen molar-refractivity contribution in [2.45, 2.75) is 12.5 Å². The summed E-state index contributed by atoms with van der Waals surface area (Å²) in [6, 6.07) is 1.91. The Hall–Kier alpha value is 0.580. The molecule has 1 atom stereocenters. The highest BCUT2D eigenvalue weighted by Gasteiger charge is 2.13. The van der Waals surface area contributed by atoms with Crippen LogP contribution >= 0.6 is 43.2 Å². The lowest BCUT2D eigenvalue weighted by Gasteiger charge is -2.06. The Morgan fingerprint density at radius 2 is 2.25 bits per heavy atom. The molecule has 0 spiro atoms. The van der Waals surface area contributed by atoms with Crippen LogP contribution in [0.2, 0.25) is 0 Å². The lowest BCUT2D eigenvalue weighted by atomic mass is 10.1. The quantitative estimate of drug-likeness (QED) is 0.901. The fraction of sp³-hybridized carbons (Fsp3) is 0.429. The maximum Gasteiger partial charge on any atom is 0.0821 e. The van der Waals surface area contributed by atoms with E-state index in [1.807, 2.05) is 6.07 Å². The lowest BCUT2D eigenvalue weighted by Crippen LogP contribution is -2.06. The maximum atomic E-state index is 9.59. The average molecular weight is 315 g/mol. The minimum Gasteiger partial charge on any atom is -0.388 e. The summed E-state index contributed by atoms with van der Waals surface area (Å²) in [5.74, 6) is 0. The summed E-state index contributed by atoms with van der Waals surface area (Å²) in [4.78, 5) is 0. The van der Waals surface area contributed by atoms with Crippen LogP contribution in [0, 0.1) is 0 Å². The summed E-state index contributed by atoms with van der Waals surface area (Å²) >= 11 is 8.28. The van der Waals surface area contributed by atoms with Gasteiger partial charge in [0, 0.05) is 5.56 Å². The minimum atomic E-state index is -0.452. The van der Waals surface area contributed by atoms with E-state index >= 15 is 0 Å². The molecule has 0 radical (unpaired) electrons. The zero-order valence-electron chi connectivity index (χ0n) is 6.26. The van der Waals surface area contributed by atoms with Crippen molar-refractivity contribution in [3.8, 4) is 0 Å². The molecule has 3 N–H and O–H groups in total. The monoisotopic (exact) mass is 313 g/mol. The van der Waals surface area contributed by atoms with Gasteiger partial charge in [0.05, 0.1) is 13.7 Å². The topological polar surface area (TPSA) is 46.2 Å². The molecule has 1 unspecified atom stereocenters. The Bertz CT molecular complexity index is 264. The van der Waals surface area contributed by atoms with Crippen molar-refractivity contribution in [1.29, 1.82) is 0 Å². The van der Waals surface area contributed by atoms with Crippen molar-refractivity contribution < 1.29 is 5.11 Å². The van der Waals surface area contributed by atoms with E-state index in [0.29, 0.717) is 13.0 Å². The molecule has 0 fully saturated rings.